The molecule has 0 amide bonds. The highest BCUT2D eigenvalue weighted by Gasteiger charge is 2.23. The smallest absolute Gasteiger partial charge is 0.0297 e. The van der Waals surface area contributed by atoms with Crippen molar-refractivity contribution in [1.82, 2.24) is 0 Å². The molecule has 0 heterocycles. The quantitative estimate of drug-likeness (QED) is 0.165. The maximum atomic E-state index is 3.82. The fourth-order valence-corrected chi connectivity index (χ4v) is 15.1. The van der Waals surface area contributed by atoms with Crippen LogP contribution in [-0.2, 0) is 6.42 Å². The van der Waals surface area contributed by atoms with Crippen LogP contribution in [0.5, 0.6) is 0 Å². The van der Waals surface area contributed by atoms with Crippen LogP contribution in [0.3, 0.4) is 0 Å². The van der Waals surface area contributed by atoms with Crippen molar-refractivity contribution in [2.24, 2.45) is 0 Å². The van der Waals surface area contributed by atoms with Gasteiger partial charge < -0.3 is 0 Å². The summed E-state index contributed by atoms with van der Waals surface area (Å²) in [7, 11) is 0. The van der Waals surface area contributed by atoms with E-state index < -0.39 is 0 Å². The van der Waals surface area contributed by atoms with Gasteiger partial charge in [0.1, 0.15) is 0 Å². The molecule has 0 saturated heterocycles. The fraction of sp³-hybridized carbons (Fsp3) is 0.327. The summed E-state index contributed by atoms with van der Waals surface area (Å²) in [5.74, 6) is 0. The Balaban J connectivity index is 0.000000254. The van der Waals surface area contributed by atoms with E-state index in [0.29, 0.717) is 0 Å². The first-order valence-corrected chi connectivity index (χ1v) is 39.2. The molecule has 0 aliphatic rings. The summed E-state index contributed by atoms with van der Waals surface area (Å²) in [6.45, 7) is 67.0. The first-order chi connectivity index (χ1) is 47.6. The van der Waals surface area contributed by atoms with E-state index in [1.807, 2.05) is 0 Å². The Morgan fingerprint density at radius 1 is 0.186 bits per heavy atom. The van der Waals surface area contributed by atoms with E-state index in [4.69, 9.17) is 0 Å². The van der Waals surface area contributed by atoms with E-state index in [9.17, 15) is 0 Å². The van der Waals surface area contributed by atoms with Crippen molar-refractivity contribution < 1.29 is 0 Å². The zero-order chi connectivity index (χ0) is 77.1. The molecule has 4 heteroatoms. The first kappa shape index (κ1) is 87.7. The van der Waals surface area contributed by atoms with Gasteiger partial charge >= 0.3 is 0 Å². The molecule has 102 heavy (non-hydrogen) atoms. The fourth-order valence-electron chi connectivity index (χ4n) is 11.8. The molecule has 0 N–H and O–H groups in total. The van der Waals surface area contributed by atoms with Gasteiger partial charge in [0, 0.05) is 29.0 Å². The number of aryl methyl sites for hydroxylation is 21. The van der Waals surface area contributed by atoms with Gasteiger partial charge in [-0.1, -0.05) is 192 Å². The Morgan fingerprint density at radius 2 is 0.422 bits per heavy atom. The minimum Gasteiger partial charge on any atom is -0.0617 e. The second kappa shape index (κ2) is 40.6. The van der Waals surface area contributed by atoms with Gasteiger partial charge in [-0.3, -0.25) is 0 Å². The monoisotopic (exact) mass is 1610 g/mol. The highest BCUT2D eigenvalue weighted by atomic mass is 79.9. The summed E-state index contributed by atoms with van der Waals surface area (Å²) in [5.41, 5.74) is 49.9. The summed E-state index contributed by atoms with van der Waals surface area (Å²) in [6, 6.07) is 54.9. The molecule has 0 spiro atoms. The average molecular weight is 1620 g/mol. The van der Waals surface area contributed by atoms with Crippen molar-refractivity contribution in [3.05, 3.63) is 342 Å². The Morgan fingerprint density at radius 3 is 0.676 bits per heavy atom. The molecule has 0 aromatic heterocycles. The predicted molar refractivity (Wildman–Crippen MR) is 470 cm³/mol. The number of halogens is 4. The third-order valence-corrected chi connectivity index (χ3v) is 24.7. The lowest BCUT2D eigenvalue weighted by Crippen LogP contribution is -1.99. The lowest BCUT2D eigenvalue weighted by molar-refractivity contribution is 1.11. The van der Waals surface area contributed by atoms with Crippen LogP contribution in [0.25, 0.3) is 33.4 Å². The van der Waals surface area contributed by atoms with Crippen LogP contribution < -0.4 is 0 Å². The van der Waals surface area contributed by atoms with E-state index in [-0.39, 0.29) is 0 Å². The number of hydrogen-bond donors (Lipinski definition) is 0. The molecule has 11 aromatic rings. The van der Waals surface area contributed by atoms with Crippen LogP contribution in [0.15, 0.2) is 170 Å². The second-order valence-corrected chi connectivity index (χ2v) is 32.1. The van der Waals surface area contributed by atoms with Crippen molar-refractivity contribution in [3.63, 3.8) is 0 Å². The zero-order valence-electron chi connectivity index (χ0n) is 68.2. The van der Waals surface area contributed by atoms with Gasteiger partial charge in [0.15, 0.2) is 0 Å². The molecule has 0 saturated carbocycles. The summed E-state index contributed by atoms with van der Waals surface area (Å²) >= 11 is 15.3. The predicted octanol–water partition coefficient (Wildman–Crippen LogP) is 31.4. The van der Waals surface area contributed by atoms with Crippen molar-refractivity contribution in [3.8, 4) is 33.4 Å². The van der Waals surface area contributed by atoms with Crippen LogP contribution in [0.1, 0.15) is 179 Å². The van der Waals surface area contributed by atoms with Gasteiger partial charge in [-0.25, -0.2) is 0 Å². The first-order valence-electron chi connectivity index (χ1n) is 36.0. The van der Waals surface area contributed by atoms with Gasteiger partial charge in [-0.15, -0.1) is 0 Å². The van der Waals surface area contributed by atoms with E-state index in [1.165, 1.54) is 206 Å². The van der Waals surface area contributed by atoms with Crippen LogP contribution in [-0.4, -0.2) is 0 Å². The van der Waals surface area contributed by atoms with Gasteiger partial charge in [0.2, 0.25) is 0 Å². The lowest BCUT2D eigenvalue weighted by atomic mass is 9.92. The Hall–Kier alpha value is -6.66. The molecule has 0 aliphatic heterocycles. The molecule has 0 aliphatic carbocycles. The van der Waals surface area contributed by atoms with Gasteiger partial charge in [0.05, 0.1) is 0 Å². The molecule has 11 rings (SSSR count). The highest BCUT2D eigenvalue weighted by Crippen LogP contribution is 2.49. The number of hydrogen-bond acceptors (Lipinski definition) is 0. The van der Waals surface area contributed by atoms with E-state index in [1.54, 1.807) is 0 Å². The summed E-state index contributed by atoms with van der Waals surface area (Å²) in [4.78, 5) is 0. The number of benzene rings is 11. The van der Waals surface area contributed by atoms with Crippen molar-refractivity contribution in [2.45, 2.75) is 221 Å². The lowest BCUT2D eigenvalue weighted by Gasteiger charge is -2.22. The molecule has 0 fully saturated rings. The average Bonchev–Trinajstić information content (AvgIpc) is 0.751. The number of rotatable bonds is 4. The third kappa shape index (κ3) is 25.0. The van der Waals surface area contributed by atoms with Gasteiger partial charge in [0.25, 0.3) is 0 Å². The normalized spacial score (nSPS) is 10.3. The molecule has 0 atom stereocenters. The maximum absolute atomic E-state index is 3.82. The minimum absolute atomic E-state index is 1.14. The molecule has 540 valence electrons. The van der Waals surface area contributed by atoms with Gasteiger partial charge in [-0.2, -0.15) is 0 Å². The highest BCUT2D eigenvalue weighted by molar-refractivity contribution is 9.11. The van der Waals surface area contributed by atoms with E-state index >= 15 is 0 Å². The van der Waals surface area contributed by atoms with Crippen LogP contribution in [0, 0.1) is 208 Å². The minimum atomic E-state index is 1.14. The molecule has 0 nitrogen and oxygen atoms in total. The van der Waals surface area contributed by atoms with Crippen LogP contribution in [0.4, 0.5) is 0 Å². The Kier molecular flexibility index (Phi) is 34.9. The SMILES string of the molecule is CCc1cc(C)c(C)c(C)c1.Cc1c(C)c(Br)c(-c2c(Br)c(C)c(C)c(C)c2Br)c(Br)c1C.Cc1cc(-c2cc(C)c(C)c(C)c2)cc(C)c1C.Cc1cc(C)c(C)c(C)c1.Cc1ccc(-c2ccc(C)c(C)c2)cc1C.Cc1ccc(C)c(C)c1.Cc1ccc(C)cc1.Cc1cccc(C)c1. The topological polar surface area (TPSA) is 0 Å². The maximum Gasteiger partial charge on any atom is 0.0297 e. The summed E-state index contributed by atoms with van der Waals surface area (Å²) in [5, 5.41) is 0. The molecule has 0 bridgehead atoms. The van der Waals surface area contributed by atoms with Crippen LogP contribution in [0.2, 0.25) is 0 Å². The molecular formula is C98H120Br4. The van der Waals surface area contributed by atoms with E-state index in [2.05, 4.69) is 430 Å². The Labute approximate surface area is 654 Å². The summed E-state index contributed by atoms with van der Waals surface area (Å²) in [6.07, 6.45) is 1.14. The molecular weight excluding hydrogens is 1500 g/mol. The molecule has 0 unspecified atom stereocenters. The van der Waals surface area contributed by atoms with Crippen molar-refractivity contribution in [2.75, 3.05) is 0 Å². The van der Waals surface area contributed by atoms with Gasteiger partial charge in [-0.05, 0) is 439 Å². The largest absolute Gasteiger partial charge is 0.0617 e. The standard InChI is InChI=1S/C18H18Br4.C18H22.C16H18.C11H16.C10H14.C9H12.2C8H10/c1-7-9(3)15(19)13(16(20)10(7)4)14-17(21)11(5)8(2)12(6)18(14)22;1-11-7-17(8-12(2)15(11)5)18-9-13(3)16(6)14(4)10-18;1-11-5-7-15(9-13(11)3)16-8-6-12(2)14(4)10-16;1-5-11-6-8(2)10(4)9(3)7-11;1-7-5-8(2)10(4)9(3)6-7;1-7-4-5-8(2)9(3)6-7;1-7-3-5-8(2)6-4-7;1-7-4-3-5-8(2)6-7/h1-6H3;7-10H,1-6H3;5-10H,1-4H3;6-7H,5H2,1-4H3;5-6H,1-4H3;4-6H,1-3H3;2*3-6H,1-2H3. The zero-order valence-corrected chi connectivity index (χ0v) is 74.5. The van der Waals surface area contributed by atoms with E-state index in [0.717, 1.165) is 24.3 Å². The Bertz CT molecular complexity index is 4320. The van der Waals surface area contributed by atoms with Crippen LogP contribution >= 0.6 is 63.7 Å². The molecule has 0 radical (unpaired) electrons. The summed E-state index contributed by atoms with van der Waals surface area (Å²) < 4.78 is 4.58. The third-order valence-electron chi connectivity index (χ3n) is 20.8. The molecule has 11 aromatic carbocycles. The van der Waals surface area contributed by atoms with Crippen molar-refractivity contribution in [1.29, 1.82) is 0 Å². The second-order valence-electron chi connectivity index (χ2n) is 29.0. The van der Waals surface area contributed by atoms with Crippen molar-refractivity contribution >= 4 is 63.7 Å².